The first-order chi connectivity index (χ1) is 15.6. The predicted molar refractivity (Wildman–Crippen MR) is 124 cm³/mol. The molecule has 0 radical (unpaired) electrons. The van der Waals surface area contributed by atoms with Crippen LogP contribution in [0.25, 0.3) is 32.9 Å². The summed E-state index contributed by atoms with van der Waals surface area (Å²) >= 11 is 0. The number of methoxy groups -OCH3 is 1. The van der Waals surface area contributed by atoms with Gasteiger partial charge in [-0.05, 0) is 35.6 Å². The third-order valence-electron chi connectivity index (χ3n) is 6.73. The number of ether oxygens (including phenoxy) is 1. The molecule has 2 aliphatic rings. The molecule has 0 amide bonds. The fourth-order valence-corrected chi connectivity index (χ4v) is 5.27. The zero-order valence-corrected chi connectivity index (χ0v) is 18.1. The number of piperidine rings is 1. The smallest absolute Gasteiger partial charge is 0.318 e. The molecule has 4 heterocycles. The molecule has 32 heavy (non-hydrogen) atoms. The van der Waals surface area contributed by atoms with Gasteiger partial charge in [0.05, 0.1) is 12.5 Å². The first-order valence-corrected chi connectivity index (χ1v) is 11.0. The van der Waals surface area contributed by atoms with Crippen LogP contribution in [0, 0.1) is 18.7 Å². The molecule has 0 spiro atoms. The SMILES string of the molecule is COc1nc(N2CC3CNC(C3)C2)c2cnc(-c3cccc4cccc(C)c34)c(F)c2n1. The van der Waals surface area contributed by atoms with Crippen molar-refractivity contribution in [3.05, 3.63) is 54.0 Å². The van der Waals surface area contributed by atoms with Crippen LogP contribution < -0.4 is 15.0 Å². The van der Waals surface area contributed by atoms with Crippen molar-refractivity contribution in [3.8, 4) is 17.3 Å². The summed E-state index contributed by atoms with van der Waals surface area (Å²) in [6.07, 6.45) is 2.89. The number of aromatic nitrogens is 3. The maximum Gasteiger partial charge on any atom is 0.318 e. The van der Waals surface area contributed by atoms with Crippen LogP contribution in [-0.2, 0) is 0 Å². The topological polar surface area (TPSA) is 63.2 Å². The van der Waals surface area contributed by atoms with Gasteiger partial charge in [0.2, 0.25) is 0 Å². The highest BCUT2D eigenvalue weighted by atomic mass is 19.1. The standard InChI is InChI=1S/C25H24FN5O/c1-14-5-3-6-16-7-4-8-18(20(14)16)22-21(26)23-19(11-28-22)24(30-25(29-23)32-2)31-12-15-9-17(13-31)27-10-15/h3-8,11,15,17,27H,9-10,12-13H2,1-2H3. The lowest BCUT2D eigenvalue weighted by Crippen LogP contribution is -2.41. The van der Waals surface area contributed by atoms with Crippen molar-refractivity contribution in [1.29, 1.82) is 0 Å². The Labute approximate surface area is 185 Å². The van der Waals surface area contributed by atoms with E-state index in [1.54, 1.807) is 6.20 Å². The molecule has 0 aliphatic carbocycles. The molecule has 2 aromatic carbocycles. The first-order valence-electron chi connectivity index (χ1n) is 11.0. The highest BCUT2D eigenvalue weighted by Crippen LogP contribution is 2.37. The van der Waals surface area contributed by atoms with E-state index >= 15 is 4.39 Å². The van der Waals surface area contributed by atoms with E-state index in [4.69, 9.17) is 4.74 Å². The van der Waals surface area contributed by atoms with Crippen LogP contribution in [0.2, 0.25) is 0 Å². The van der Waals surface area contributed by atoms with Gasteiger partial charge in [-0.15, -0.1) is 0 Å². The average Bonchev–Trinajstić information content (AvgIpc) is 3.16. The van der Waals surface area contributed by atoms with Crippen LogP contribution in [0.15, 0.2) is 42.6 Å². The molecule has 0 saturated carbocycles. The number of aryl methyl sites for hydroxylation is 1. The summed E-state index contributed by atoms with van der Waals surface area (Å²) in [6.45, 7) is 4.76. The summed E-state index contributed by atoms with van der Waals surface area (Å²) in [5.74, 6) is 0.816. The predicted octanol–water partition coefficient (Wildman–Crippen LogP) is 4.10. The molecule has 6 rings (SSSR count). The lowest BCUT2D eigenvalue weighted by Gasteiger charge is -2.32. The van der Waals surface area contributed by atoms with E-state index in [9.17, 15) is 0 Å². The molecule has 6 nitrogen and oxygen atoms in total. The molecule has 7 heteroatoms. The fourth-order valence-electron chi connectivity index (χ4n) is 5.27. The van der Waals surface area contributed by atoms with Gasteiger partial charge in [-0.2, -0.15) is 9.97 Å². The van der Waals surface area contributed by atoms with Crippen molar-refractivity contribution in [1.82, 2.24) is 20.3 Å². The Morgan fingerprint density at radius 1 is 1.12 bits per heavy atom. The zero-order chi connectivity index (χ0) is 21.8. The molecular formula is C25H24FN5O. The van der Waals surface area contributed by atoms with Crippen molar-refractivity contribution in [2.45, 2.75) is 19.4 Å². The van der Waals surface area contributed by atoms with E-state index in [0.29, 0.717) is 28.9 Å². The van der Waals surface area contributed by atoms with E-state index in [0.717, 1.165) is 41.5 Å². The van der Waals surface area contributed by atoms with Crippen LogP contribution in [0.4, 0.5) is 10.2 Å². The number of hydrogen-bond acceptors (Lipinski definition) is 6. The minimum atomic E-state index is -0.446. The molecule has 2 aromatic heterocycles. The van der Waals surface area contributed by atoms with Crippen molar-refractivity contribution in [2.24, 2.45) is 5.92 Å². The first kappa shape index (κ1) is 19.4. The molecule has 2 fully saturated rings. The summed E-state index contributed by atoms with van der Waals surface area (Å²) in [5, 5.41) is 6.23. The number of hydrogen-bond donors (Lipinski definition) is 1. The Hall–Kier alpha value is -3.32. The Morgan fingerprint density at radius 2 is 1.97 bits per heavy atom. The van der Waals surface area contributed by atoms with Gasteiger partial charge in [-0.25, -0.2) is 4.39 Å². The van der Waals surface area contributed by atoms with Gasteiger partial charge in [0.1, 0.15) is 17.0 Å². The molecule has 2 saturated heterocycles. The number of nitrogens with zero attached hydrogens (tertiary/aromatic N) is 4. The van der Waals surface area contributed by atoms with Gasteiger partial charge in [0.15, 0.2) is 5.82 Å². The van der Waals surface area contributed by atoms with Gasteiger partial charge in [0, 0.05) is 37.4 Å². The fraction of sp³-hybridized carbons (Fsp3) is 0.320. The normalized spacial score (nSPS) is 20.3. The van der Waals surface area contributed by atoms with Crippen molar-refractivity contribution >= 4 is 27.5 Å². The number of anilines is 1. The van der Waals surface area contributed by atoms with Crippen molar-refractivity contribution < 1.29 is 9.13 Å². The van der Waals surface area contributed by atoms with E-state index in [1.165, 1.54) is 13.5 Å². The minimum Gasteiger partial charge on any atom is -0.467 e. The second-order valence-corrected chi connectivity index (χ2v) is 8.81. The highest BCUT2D eigenvalue weighted by molar-refractivity contribution is 6.00. The number of benzene rings is 2. The average molecular weight is 429 g/mol. The Balaban J connectivity index is 1.56. The molecule has 162 valence electrons. The molecule has 4 aromatic rings. The van der Waals surface area contributed by atoms with Crippen LogP contribution >= 0.6 is 0 Å². The van der Waals surface area contributed by atoms with Crippen LogP contribution in [0.3, 0.4) is 0 Å². The monoisotopic (exact) mass is 429 g/mol. The second kappa shape index (κ2) is 7.38. The summed E-state index contributed by atoms with van der Waals surface area (Å²) in [4.78, 5) is 15.8. The summed E-state index contributed by atoms with van der Waals surface area (Å²) < 4.78 is 21.4. The largest absolute Gasteiger partial charge is 0.467 e. The minimum absolute atomic E-state index is 0.170. The van der Waals surface area contributed by atoms with Crippen LogP contribution in [-0.4, -0.2) is 47.7 Å². The quantitative estimate of drug-likeness (QED) is 0.529. The number of nitrogens with one attached hydrogen (secondary N) is 1. The number of fused-ring (bicyclic) bond motifs is 4. The Kier molecular flexibility index (Phi) is 4.47. The van der Waals surface area contributed by atoms with E-state index < -0.39 is 5.82 Å². The van der Waals surface area contributed by atoms with Crippen molar-refractivity contribution in [2.75, 3.05) is 31.6 Å². The van der Waals surface area contributed by atoms with Gasteiger partial charge >= 0.3 is 6.01 Å². The summed E-state index contributed by atoms with van der Waals surface area (Å²) in [7, 11) is 1.51. The van der Waals surface area contributed by atoms with Gasteiger partial charge in [-0.3, -0.25) is 4.98 Å². The molecule has 2 unspecified atom stereocenters. The molecule has 1 N–H and O–H groups in total. The molecule has 2 bridgehead atoms. The maximum absolute atomic E-state index is 16.0. The Bertz CT molecular complexity index is 1340. The lowest BCUT2D eigenvalue weighted by atomic mass is 9.97. The molecule has 2 atom stereocenters. The van der Waals surface area contributed by atoms with E-state index in [2.05, 4.69) is 25.2 Å². The van der Waals surface area contributed by atoms with Crippen molar-refractivity contribution in [3.63, 3.8) is 0 Å². The summed E-state index contributed by atoms with van der Waals surface area (Å²) in [6, 6.07) is 12.6. The number of pyridine rings is 1. The third-order valence-corrected chi connectivity index (χ3v) is 6.73. The molecule has 2 aliphatic heterocycles. The van der Waals surface area contributed by atoms with Crippen LogP contribution in [0.5, 0.6) is 6.01 Å². The lowest BCUT2D eigenvalue weighted by molar-refractivity contribution is 0.380. The van der Waals surface area contributed by atoms with E-state index in [1.807, 2.05) is 43.3 Å². The van der Waals surface area contributed by atoms with Crippen LogP contribution in [0.1, 0.15) is 12.0 Å². The highest BCUT2D eigenvalue weighted by Gasteiger charge is 2.34. The van der Waals surface area contributed by atoms with Gasteiger partial charge < -0.3 is 15.0 Å². The van der Waals surface area contributed by atoms with Gasteiger partial charge in [-0.1, -0.05) is 36.4 Å². The molecular weight excluding hydrogens is 405 g/mol. The summed E-state index contributed by atoms with van der Waals surface area (Å²) in [5.41, 5.74) is 2.38. The number of rotatable bonds is 3. The zero-order valence-electron chi connectivity index (χ0n) is 18.1. The van der Waals surface area contributed by atoms with E-state index in [-0.39, 0.29) is 11.5 Å². The second-order valence-electron chi connectivity index (χ2n) is 8.81. The maximum atomic E-state index is 16.0. The third kappa shape index (κ3) is 2.99. The Morgan fingerprint density at radius 3 is 2.78 bits per heavy atom. The number of halogens is 1. The van der Waals surface area contributed by atoms with Gasteiger partial charge in [0.25, 0.3) is 0 Å².